The smallest absolute Gasteiger partial charge is 0.341 e. The van der Waals surface area contributed by atoms with E-state index in [-0.39, 0.29) is 5.91 Å². The van der Waals surface area contributed by atoms with Crippen molar-refractivity contribution >= 4 is 46.3 Å². The van der Waals surface area contributed by atoms with Crippen LogP contribution in [-0.2, 0) is 9.59 Å². The van der Waals surface area contributed by atoms with Crippen LogP contribution in [0.15, 0.2) is 76.6 Å². The molecule has 35 heavy (non-hydrogen) atoms. The van der Waals surface area contributed by atoms with Gasteiger partial charge in [0.25, 0.3) is 5.91 Å². The van der Waals surface area contributed by atoms with Gasteiger partial charge in [-0.25, -0.2) is 9.79 Å². The summed E-state index contributed by atoms with van der Waals surface area (Å²) in [6.07, 6.45) is 1.77. The standard InChI is InChI=1S/C27H24N2O5S/c1-17-8-4-6-10-20(17)28-27-29(21-11-7-5-9-18(21)2)26(32)24(35-27)15-19-12-13-22(23(14-19)33-3)34-16-25(30)31/h4-15H,16H2,1-3H3,(H,30,31). The molecule has 1 heterocycles. The number of carbonyl (C=O) groups excluding carboxylic acids is 1. The van der Waals surface area contributed by atoms with Gasteiger partial charge in [-0.2, -0.15) is 0 Å². The van der Waals surface area contributed by atoms with E-state index in [1.54, 1.807) is 29.2 Å². The van der Waals surface area contributed by atoms with Crippen LogP contribution in [0.4, 0.5) is 11.4 Å². The van der Waals surface area contributed by atoms with E-state index >= 15 is 0 Å². The van der Waals surface area contributed by atoms with Gasteiger partial charge in [-0.15, -0.1) is 0 Å². The van der Waals surface area contributed by atoms with Crippen LogP contribution in [0.25, 0.3) is 6.08 Å². The van der Waals surface area contributed by atoms with E-state index in [9.17, 15) is 9.59 Å². The number of hydrogen-bond donors (Lipinski definition) is 1. The normalized spacial score (nSPS) is 15.6. The molecular weight excluding hydrogens is 464 g/mol. The highest BCUT2D eigenvalue weighted by molar-refractivity contribution is 8.19. The van der Waals surface area contributed by atoms with Crippen molar-refractivity contribution in [3.63, 3.8) is 0 Å². The second kappa shape index (κ2) is 10.5. The minimum Gasteiger partial charge on any atom is -0.493 e. The van der Waals surface area contributed by atoms with Gasteiger partial charge >= 0.3 is 5.97 Å². The van der Waals surface area contributed by atoms with Crippen molar-refractivity contribution in [2.75, 3.05) is 18.6 Å². The summed E-state index contributed by atoms with van der Waals surface area (Å²) in [6.45, 7) is 3.46. The first kappa shape index (κ1) is 24.1. The first-order valence-electron chi connectivity index (χ1n) is 10.8. The molecule has 0 saturated carbocycles. The average Bonchev–Trinajstić information content (AvgIpc) is 3.14. The number of carboxylic acids is 1. The van der Waals surface area contributed by atoms with Crippen LogP contribution in [0, 0.1) is 13.8 Å². The Morgan fingerprint density at radius 2 is 1.74 bits per heavy atom. The Hall–Kier alpha value is -4.04. The number of ether oxygens (including phenoxy) is 2. The molecule has 1 aliphatic rings. The molecule has 3 aromatic rings. The number of amidine groups is 1. The summed E-state index contributed by atoms with van der Waals surface area (Å²) in [5.41, 5.74) is 4.25. The SMILES string of the molecule is COc1cc(C=C2SC(=Nc3ccccc3C)N(c3ccccc3C)C2=O)ccc1OCC(=O)O. The van der Waals surface area contributed by atoms with E-state index in [0.29, 0.717) is 27.1 Å². The first-order chi connectivity index (χ1) is 16.9. The second-order valence-corrected chi connectivity index (χ2v) is 8.82. The number of benzene rings is 3. The van der Waals surface area contributed by atoms with Gasteiger partial charge in [0.2, 0.25) is 0 Å². The molecule has 0 spiro atoms. The van der Waals surface area contributed by atoms with Crippen LogP contribution in [0.1, 0.15) is 16.7 Å². The van der Waals surface area contributed by atoms with Gasteiger partial charge in [-0.1, -0.05) is 42.5 Å². The van der Waals surface area contributed by atoms with E-state index in [1.165, 1.54) is 18.9 Å². The topological polar surface area (TPSA) is 88.4 Å². The molecule has 1 amide bonds. The van der Waals surface area contributed by atoms with Crippen molar-refractivity contribution in [3.8, 4) is 11.5 Å². The van der Waals surface area contributed by atoms with Crippen LogP contribution < -0.4 is 14.4 Å². The molecule has 0 atom stereocenters. The zero-order valence-corrected chi connectivity index (χ0v) is 20.3. The molecule has 1 saturated heterocycles. The summed E-state index contributed by atoms with van der Waals surface area (Å²) in [5.74, 6) is -0.573. The number of para-hydroxylation sites is 2. The number of rotatable bonds is 7. The lowest BCUT2D eigenvalue weighted by Gasteiger charge is -2.18. The van der Waals surface area contributed by atoms with Crippen LogP contribution in [-0.4, -0.2) is 35.9 Å². The molecule has 0 radical (unpaired) electrons. The minimum atomic E-state index is -1.08. The van der Waals surface area contributed by atoms with Gasteiger partial charge in [0.05, 0.1) is 23.4 Å². The fourth-order valence-corrected chi connectivity index (χ4v) is 4.54. The molecule has 0 bridgehead atoms. The van der Waals surface area contributed by atoms with Crippen molar-refractivity contribution in [1.82, 2.24) is 0 Å². The van der Waals surface area contributed by atoms with Crippen molar-refractivity contribution in [2.45, 2.75) is 13.8 Å². The van der Waals surface area contributed by atoms with Crippen molar-refractivity contribution in [2.24, 2.45) is 4.99 Å². The summed E-state index contributed by atoms with van der Waals surface area (Å²) in [4.78, 5) is 31.4. The number of carboxylic acid groups (broad SMARTS) is 1. The largest absolute Gasteiger partial charge is 0.493 e. The Balaban J connectivity index is 1.74. The third kappa shape index (κ3) is 5.38. The fourth-order valence-electron chi connectivity index (χ4n) is 3.55. The number of carbonyl (C=O) groups is 2. The number of aliphatic carboxylic acids is 1. The maximum atomic E-state index is 13.6. The number of hydrogen-bond acceptors (Lipinski definition) is 6. The number of aryl methyl sites for hydroxylation is 2. The minimum absolute atomic E-state index is 0.179. The van der Waals surface area contributed by atoms with E-state index in [4.69, 9.17) is 19.6 Å². The maximum Gasteiger partial charge on any atom is 0.341 e. The molecular formula is C27H24N2O5S. The lowest BCUT2D eigenvalue weighted by atomic mass is 10.1. The Labute approximate surface area is 207 Å². The predicted molar refractivity (Wildman–Crippen MR) is 139 cm³/mol. The number of aliphatic imine (C=N–C) groups is 1. The molecule has 1 aliphatic heterocycles. The Kier molecular flexibility index (Phi) is 7.22. The van der Waals surface area contributed by atoms with Crippen LogP contribution >= 0.6 is 11.8 Å². The number of thioether (sulfide) groups is 1. The maximum absolute atomic E-state index is 13.6. The summed E-state index contributed by atoms with van der Waals surface area (Å²) >= 11 is 1.30. The molecule has 8 heteroatoms. The average molecular weight is 489 g/mol. The molecule has 4 rings (SSSR count). The number of nitrogens with zero attached hydrogens (tertiary/aromatic N) is 2. The first-order valence-corrected chi connectivity index (χ1v) is 11.7. The highest BCUT2D eigenvalue weighted by Crippen LogP contribution is 2.39. The number of amides is 1. The Morgan fingerprint density at radius 3 is 2.43 bits per heavy atom. The molecule has 0 unspecified atom stereocenters. The van der Waals surface area contributed by atoms with Crippen LogP contribution in [0.5, 0.6) is 11.5 Å². The fraction of sp³-hybridized carbons (Fsp3) is 0.148. The summed E-state index contributed by atoms with van der Waals surface area (Å²) in [5, 5.41) is 9.43. The second-order valence-electron chi connectivity index (χ2n) is 7.81. The van der Waals surface area contributed by atoms with Crippen molar-refractivity contribution in [1.29, 1.82) is 0 Å². The van der Waals surface area contributed by atoms with Gasteiger partial charge in [0, 0.05) is 0 Å². The Bertz CT molecular complexity index is 1350. The monoisotopic (exact) mass is 488 g/mol. The van der Waals surface area contributed by atoms with Gasteiger partial charge in [-0.3, -0.25) is 9.69 Å². The van der Waals surface area contributed by atoms with E-state index < -0.39 is 12.6 Å². The summed E-state index contributed by atoms with van der Waals surface area (Å²) < 4.78 is 10.6. The molecule has 178 valence electrons. The van der Waals surface area contributed by atoms with Gasteiger partial charge in [0.15, 0.2) is 23.3 Å². The molecule has 1 N–H and O–H groups in total. The third-order valence-corrected chi connectivity index (χ3v) is 6.30. The van der Waals surface area contributed by atoms with Crippen molar-refractivity contribution < 1.29 is 24.2 Å². The van der Waals surface area contributed by atoms with E-state index in [0.717, 1.165) is 22.5 Å². The van der Waals surface area contributed by atoms with Crippen molar-refractivity contribution in [3.05, 3.63) is 88.3 Å². The highest BCUT2D eigenvalue weighted by atomic mass is 32.2. The quantitative estimate of drug-likeness (QED) is 0.437. The molecule has 1 fully saturated rings. The molecule has 7 nitrogen and oxygen atoms in total. The zero-order chi connectivity index (χ0) is 24.9. The highest BCUT2D eigenvalue weighted by Gasteiger charge is 2.35. The van der Waals surface area contributed by atoms with Gasteiger partial charge < -0.3 is 14.6 Å². The van der Waals surface area contributed by atoms with E-state index in [1.807, 2.05) is 62.4 Å². The molecule has 3 aromatic carbocycles. The summed E-state index contributed by atoms with van der Waals surface area (Å²) in [7, 11) is 1.47. The summed E-state index contributed by atoms with van der Waals surface area (Å²) in [6, 6.07) is 20.5. The lowest BCUT2D eigenvalue weighted by Crippen LogP contribution is -2.29. The number of methoxy groups -OCH3 is 1. The van der Waals surface area contributed by atoms with Gasteiger partial charge in [0.1, 0.15) is 0 Å². The van der Waals surface area contributed by atoms with Crippen LogP contribution in [0.3, 0.4) is 0 Å². The van der Waals surface area contributed by atoms with Crippen LogP contribution in [0.2, 0.25) is 0 Å². The Morgan fingerprint density at radius 1 is 1.03 bits per heavy atom. The number of anilines is 1. The molecule has 0 aromatic heterocycles. The lowest BCUT2D eigenvalue weighted by molar-refractivity contribution is -0.139. The molecule has 0 aliphatic carbocycles. The third-order valence-electron chi connectivity index (χ3n) is 5.33. The predicted octanol–water partition coefficient (Wildman–Crippen LogP) is 5.58. The van der Waals surface area contributed by atoms with E-state index in [2.05, 4.69) is 0 Å². The zero-order valence-electron chi connectivity index (χ0n) is 19.5. The van der Waals surface area contributed by atoms with Gasteiger partial charge in [-0.05, 0) is 72.6 Å².